The van der Waals surface area contributed by atoms with Gasteiger partial charge in [-0.15, -0.1) is 0 Å². The van der Waals surface area contributed by atoms with Crippen molar-refractivity contribution < 1.29 is 9.59 Å². The van der Waals surface area contributed by atoms with E-state index in [0.717, 1.165) is 25.1 Å². The maximum absolute atomic E-state index is 12.7. The van der Waals surface area contributed by atoms with Gasteiger partial charge in [0.1, 0.15) is 5.78 Å². The van der Waals surface area contributed by atoms with Gasteiger partial charge in [-0.3, -0.25) is 9.59 Å². The molecule has 1 aliphatic heterocycles. The summed E-state index contributed by atoms with van der Waals surface area (Å²) in [6.45, 7) is 6.67. The van der Waals surface area contributed by atoms with E-state index in [4.69, 9.17) is 0 Å². The van der Waals surface area contributed by atoms with E-state index in [9.17, 15) is 9.59 Å². The summed E-state index contributed by atoms with van der Waals surface area (Å²) in [5.41, 5.74) is 3.18. The van der Waals surface area contributed by atoms with Crippen LogP contribution in [0.5, 0.6) is 0 Å². The van der Waals surface area contributed by atoms with Gasteiger partial charge in [-0.05, 0) is 29.9 Å². The largest absolute Gasteiger partial charge is 0.311 e. The molecule has 0 N–H and O–H groups in total. The molecule has 0 saturated heterocycles. The number of para-hydroxylation sites is 1. The number of hydrogen-bond acceptors (Lipinski definition) is 2. The number of fused-ring (bicyclic) bond motifs is 1. The molecular weight excluding hydrogens is 262 g/mol. The second-order valence-electron chi connectivity index (χ2n) is 7.29. The summed E-state index contributed by atoms with van der Waals surface area (Å²) in [5, 5.41) is 0. The normalized spacial score (nSPS) is 21.8. The number of benzene rings is 1. The average molecular weight is 285 g/mol. The highest BCUT2D eigenvalue weighted by Crippen LogP contribution is 2.42. The van der Waals surface area contributed by atoms with Gasteiger partial charge >= 0.3 is 0 Å². The first kappa shape index (κ1) is 14.3. The molecule has 2 aliphatic rings. The molecule has 112 valence electrons. The molecule has 3 nitrogen and oxygen atoms in total. The summed E-state index contributed by atoms with van der Waals surface area (Å²) in [4.78, 5) is 26.3. The van der Waals surface area contributed by atoms with E-state index >= 15 is 0 Å². The van der Waals surface area contributed by atoms with Gasteiger partial charge in [0.25, 0.3) is 0 Å². The summed E-state index contributed by atoms with van der Waals surface area (Å²) in [5.74, 6) is 0.822. The van der Waals surface area contributed by atoms with Crippen molar-refractivity contribution >= 4 is 17.4 Å². The lowest BCUT2D eigenvalue weighted by Crippen LogP contribution is -2.38. The lowest BCUT2D eigenvalue weighted by Gasteiger charge is -2.28. The summed E-state index contributed by atoms with van der Waals surface area (Å²) in [7, 11) is 0. The minimum absolute atomic E-state index is 0.179. The maximum Gasteiger partial charge on any atom is 0.232 e. The van der Waals surface area contributed by atoms with Crippen molar-refractivity contribution in [2.75, 3.05) is 11.4 Å². The van der Waals surface area contributed by atoms with Crippen LogP contribution in [0.15, 0.2) is 18.2 Å². The number of amides is 1. The van der Waals surface area contributed by atoms with E-state index in [1.807, 2.05) is 25.7 Å². The first-order chi connectivity index (χ1) is 9.88. The predicted octanol–water partition coefficient (Wildman–Crippen LogP) is 3.46. The molecule has 1 aliphatic carbocycles. The highest BCUT2D eigenvalue weighted by molar-refractivity contribution is 5.99. The first-order valence-electron chi connectivity index (χ1n) is 7.83. The Bertz CT molecular complexity index is 598. The third-order valence-electron chi connectivity index (χ3n) is 4.60. The van der Waals surface area contributed by atoms with Gasteiger partial charge in [0.05, 0.1) is 5.69 Å². The monoisotopic (exact) mass is 285 g/mol. The first-order valence-corrected chi connectivity index (χ1v) is 7.83. The molecule has 1 aromatic rings. The van der Waals surface area contributed by atoms with Crippen LogP contribution in [-0.2, 0) is 16.0 Å². The van der Waals surface area contributed by atoms with Crippen molar-refractivity contribution in [1.29, 1.82) is 0 Å². The van der Waals surface area contributed by atoms with Crippen molar-refractivity contribution in [3.05, 3.63) is 29.3 Å². The fraction of sp³-hybridized carbons (Fsp3) is 0.556. The van der Waals surface area contributed by atoms with Crippen LogP contribution in [-0.4, -0.2) is 18.2 Å². The number of nitrogens with zero attached hydrogens (tertiary/aromatic N) is 1. The van der Waals surface area contributed by atoms with Gasteiger partial charge in [-0.1, -0.05) is 39.0 Å². The fourth-order valence-corrected chi connectivity index (χ4v) is 3.50. The molecule has 21 heavy (non-hydrogen) atoms. The smallest absolute Gasteiger partial charge is 0.232 e. The molecule has 1 atom stereocenters. The van der Waals surface area contributed by atoms with Crippen LogP contribution in [0, 0.1) is 5.41 Å². The molecule has 0 unspecified atom stereocenters. The molecule has 0 spiro atoms. The van der Waals surface area contributed by atoms with Gasteiger partial charge in [0, 0.05) is 24.8 Å². The summed E-state index contributed by atoms with van der Waals surface area (Å²) in [6, 6.07) is 6.30. The number of anilines is 1. The summed E-state index contributed by atoms with van der Waals surface area (Å²) >= 11 is 0. The molecule has 3 heteroatoms. The van der Waals surface area contributed by atoms with Crippen molar-refractivity contribution in [1.82, 2.24) is 0 Å². The Morgan fingerprint density at radius 2 is 2.00 bits per heavy atom. The van der Waals surface area contributed by atoms with Crippen LogP contribution < -0.4 is 4.90 Å². The van der Waals surface area contributed by atoms with Crippen LogP contribution in [0.3, 0.4) is 0 Å². The van der Waals surface area contributed by atoms with Crippen molar-refractivity contribution in [2.24, 2.45) is 5.41 Å². The van der Waals surface area contributed by atoms with E-state index < -0.39 is 0 Å². The highest BCUT2D eigenvalue weighted by atomic mass is 16.2. The SMILES string of the molecule is CC(C)(C)C(=O)N1CCc2cccc([C@H]3CCC(=O)C3)c21. The van der Waals surface area contributed by atoms with Crippen molar-refractivity contribution in [2.45, 2.75) is 52.4 Å². The lowest BCUT2D eigenvalue weighted by molar-refractivity contribution is -0.125. The van der Waals surface area contributed by atoms with Crippen LogP contribution in [0.25, 0.3) is 0 Å². The van der Waals surface area contributed by atoms with E-state index in [1.54, 1.807) is 0 Å². The topological polar surface area (TPSA) is 37.4 Å². The van der Waals surface area contributed by atoms with Crippen molar-refractivity contribution in [3.8, 4) is 0 Å². The molecular formula is C18H23NO2. The van der Waals surface area contributed by atoms with Crippen molar-refractivity contribution in [3.63, 3.8) is 0 Å². The maximum atomic E-state index is 12.7. The number of rotatable bonds is 1. The predicted molar refractivity (Wildman–Crippen MR) is 83.6 cm³/mol. The Morgan fingerprint density at radius 1 is 1.24 bits per heavy atom. The lowest BCUT2D eigenvalue weighted by atomic mass is 9.91. The Morgan fingerprint density at radius 3 is 2.62 bits per heavy atom. The van der Waals surface area contributed by atoms with E-state index in [-0.39, 0.29) is 11.3 Å². The number of carbonyl (C=O) groups excluding carboxylic acids is 2. The third-order valence-corrected chi connectivity index (χ3v) is 4.60. The second kappa shape index (κ2) is 4.97. The molecule has 1 aromatic carbocycles. The molecule has 3 rings (SSSR count). The number of carbonyl (C=O) groups is 2. The van der Waals surface area contributed by atoms with Crippen LogP contribution in [0.4, 0.5) is 5.69 Å². The summed E-state index contributed by atoms with van der Waals surface area (Å²) in [6.07, 6.45) is 3.16. The zero-order valence-electron chi connectivity index (χ0n) is 13.1. The molecule has 0 aromatic heterocycles. The van der Waals surface area contributed by atoms with Gasteiger partial charge in [-0.25, -0.2) is 0 Å². The Balaban J connectivity index is 2.01. The highest BCUT2D eigenvalue weighted by Gasteiger charge is 2.36. The minimum atomic E-state index is -0.375. The van der Waals surface area contributed by atoms with Gasteiger partial charge in [0.2, 0.25) is 5.91 Å². The number of hydrogen-bond donors (Lipinski definition) is 0. The van der Waals surface area contributed by atoms with Crippen LogP contribution >= 0.6 is 0 Å². The quantitative estimate of drug-likeness (QED) is 0.792. The molecule has 0 bridgehead atoms. The molecule has 1 heterocycles. The van der Waals surface area contributed by atoms with Crippen LogP contribution in [0.1, 0.15) is 57.1 Å². The molecule has 1 amide bonds. The Hall–Kier alpha value is -1.64. The molecule has 0 radical (unpaired) electrons. The average Bonchev–Trinajstić information content (AvgIpc) is 3.02. The second-order valence-corrected chi connectivity index (χ2v) is 7.29. The fourth-order valence-electron chi connectivity index (χ4n) is 3.50. The summed E-state index contributed by atoms with van der Waals surface area (Å²) < 4.78 is 0. The molecule has 1 saturated carbocycles. The number of Topliss-reactive ketones (excluding diaryl/α,β-unsaturated/α-hetero) is 1. The minimum Gasteiger partial charge on any atom is -0.311 e. The van der Waals surface area contributed by atoms with E-state index in [1.165, 1.54) is 11.1 Å². The van der Waals surface area contributed by atoms with Gasteiger partial charge in [-0.2, -0.15) is 0 Å². The third kappa shape index (κ3) is 2.50. The van der Waals surface area contributed by atoms with Crippen LogP contribution in [0.2, 0.25) is 0 Å². The van der Waals surface area contributed by atoms with E-state index in [0.29, 0.717) is 24.5 Å². The van der Waals surface area contributed by atoms with Gasteiger partial charge in [0.15, 0.2) is 0 Å². The van der Waals surface area contributed by atoms with Gasteiger partial charge < -0.3 is 4.90 Å². The molecule has 1 fully saturated rings. The van der Waals surface area contributed by atoms with E-state index in [2.05, 4.69) is 18.2 Å². The zero-order chi connectivity index (χ0) is 15.2. The Labute approximate surface area is 126 Å². The Kier molecular flexibility index (Phi) is 3.39. The number of ketones is 1. The zero-order valence-corrected chi connectivity index (χ0v) is 13.1. The standard InChI is InChI=1S/C18H23NO2/c1-18(2,3)17(21)19-10-9-12-5-4-6-15(16(12)19)13-7-8-14(20)11-13/h4-6,13H,7-11H2,1-3H3/t13-/m0/s1.